The first-order chi connectivity index (χ1) is 8.40. The Balaban J connectivity index is 2.34. The third kappa shape index (κ3) is 1.75. The molecule has 0 aliphatic rings. The van der Waals surface area contributed by atoms with Crippen LogP contribution in [0.1, 0.15) is 0 Å². The van der Waals surface area contributed by atoms with Gasteiger partial charge in [0.05, 0.1) is 10.5 Å². The van der Waals surface area contributed by atoms with E-state index in [1.807, 2.05) is 6.07 Å². The quantitative estimate of drug-likeness (QED) is 0.602. The molecule has 0 N–H and O–H groups in total. The van der Waals surface area contributed by atoms with Gasteiger partial charge in [-0.2, -0.15) is 0 Å². The van der Waals surface area contributed by atoms with Crippen LogP contribution in [0, 0.1) is 0 Å². The Hall–Kier alpha value is -1.67. The fourth-order valence-corrected chi connectivity index (χ4v) is 2.75. The molecule has 84 valence electrons. The van der Waals surface area contributed by atoms with E-state index in [9.17, 15) is 0 Å². The molecule has 0 aliphatic heterocycles. The molecule has 2 heteroatoms. The predicted molar refractivity (Wildman–Crippen MR) is 75.1 cm³/mol. The van der Waals surface area contributed by atoms with Crippen LogP contribution in [0.2, 0.25) is 0 Å². The molecular weight excluding hydrogens is 226 g/mol. The highest BCUT2D eigenvalue weighted by molar-refractivity contribution is 7.98. The first-order valence-electron chi connectivity index (χ1n) is 5.60. The molecule has 0 fully saturated rings. The van der Waals surface area contributed by atoms with Gasteiger partial charge in [0.15, 0.2) is 0 Å². The molecule has 0 spiro atoms. The summed E-state index contributed by atoms with van der Waals surface area (Å²) in [6, 6.07) is 21.2. The van der Waals surface area contributed by atoms with Crippen LogP contribution in [0.5, 0.6) is 0 Å². The number of rotatable bonds is 2. The van der Waals surface area contributed by atoms with E-state index in [4.69, 9.17) is 0 Å². The van der Waals surface area contributed by atoms with Crippen molar-refractivity contribution in [3.8, 4) is 5.69 Å². The van der Waals surface area contributed by atoms with Crippen LogP contribution in [-0.4, -0.2) is 10.8 Å². The first kappa shape index (κ1) is 10.5. The van der Waals surface area contributed by atoms with Gasteiger partial charge in [0.25, 0.3) is 0 Å². The lowest BCUT2D eigenvalue weighted by Crippen LogP contribution is -1.94. The second-order valence-electron chi connectivity index (χ2n) is 3.92. The monoisotopic (exact) mass is 239 g/mol. The Morgan fingerprint density at radius 2 is 1.59 bits per heavy atom. The molecule has 3 aromatic rings. The van der Waals surface area contributed by atoms with Crippen molar-refractivity contribution in [2.75, 3.05) is 6.26 Å². The van der Waals surface area contributed by atoms with Gasteiger partial charge in [-0.3, -0.25) is 0 Å². The van der Waals surface area contributed by atoms with Crippen LogP contribution >= 0.6 is 11.8 Å². The van der Waals surface area contributed by atoms with Gasteiger partial charge in [-0.25, -0.2) is 0 Å². The molecule has 0 radical (unpaired) electrons. The maximum Gasteiger partial charge on any atom is 0.0802 e. The summed E-state index contributed by atoms with van der Waals surface area (Å²) in [6.07, 6.45) is 2.12. The standard InChI is InChI=1S/C15H13NS/c1-17-15-11-12-7-5-6-10-14(12)16(15)13-8-3-2-4-9-13/h2-11H,1H3. The van der Waals surface area contributed by atoms with Crippen LogP contribution in [0.3, 0.4) is 0 Å². The fourth-order valence-electron chi connectivity index (χ4n) is 2.12. The number of fused-ring (bicyclic) bond motifs is 1. The topological polar surface area (TPSA) is 4.93 Å². The molecule has 0 saturated heterocycles. The van der Waals surface area contributed by atoms with E-state index < -0.39 is 0 Å². The largest absolute Gasteiger partial charge is 0.304 e. The summed E-state index contributed by atoms with van der Waals surface area (Å²) in [5.74, 6) is 0. The van der Waals surface area contributed by atoms with Crippen molar-refractivity contribution >= 4 is 22.7 Å². The van der Waals surface area contributed by atoms with Crippen molar-refractivity contribution in [3.05, 3.63) is 60.7 Å². The van der Waals surface area contributed by atoms with E-state index >= 15 is 0 Å². The predicted octanol–water partition coefficient (Wildman–Crippen LogP) is 4.35. The molecule has 0 saturated carbocycles. The fraction of sp³-hybridized carbons (Fsp3) is 0.0667. The van der Waals surface area contributed by atoms with Crippen LogP contribution in [0.15, 0.2) is 65.7 Å². The minimum atomic E-state index is 1.22. The SMILES string of the molecule is CSc1cc2ccccc2n1-c1ccccc1. The minimum absolute atomic E-state index is 1.22. The van der Waals surface area contributed by atoms with Crippen molar-refractivity contribution in [3.63, 3.8) is 0 Å². The van der Waals surface area contributed by atoms with E-state index in [0.717, 1.165) is 0 Å². The summed E-state index contributed by atoms with van der Waals surface area (Å²) >= 11 is 1.78. The number of benzene rings is 2. The van der Waals surface area contributed by atoms with Crippen molar-refractivity contribution in [1.82, 2.24) is 4.57 Å². The van der Waals surface area contributed by atoms with Crippen LogP contribution in [-0.2, 0) is 0 Å². The molecule has 1 heterocycles. The highest BCUT2D eigenvalue weighted by Crippen LogP contribution is 2.29. The third-order valence-electron chi connectivity index (χ3n) is 2.90. The van der Waals surface area contributed by atoms with Crippen molar-refractivity contribution < 1.29 is 0 Å². The normalized spacial score (nSPS) is 10.9. The molecule has 1 aromatic heterocycles. The second-order valence-corrected chi connectivity index (χ2v) is 4.74. The van der Waals surface area contributed by atoms with Gasteiger partial charge in [0.2, 0.25) is 0 Å². The van der Waals surface area contributed by atoms with Crippen molar-refractivity contribution in [2.24, 2.45) is 0 Å². The average molecular weight is 239 g/mol. The Bertz CT molecular complexity index is 640. The third-order valence-corrected chi connectivity index (χ3v) is 3.62. The zero-order valence-electron chi connectivity index (χ0n) is 9.63. The Morgan fingerprint density at radius 1 is 0.882 bits per heavy atom. The Morgan fingerprint density at radius 3 is 2.35 bits per heavy atom. The molecule has 2 aromatic carbocycles. The van der Waals surface area contributed by atoms with E-state index in [1.54, 1.807) is 11.8 Å². The molecule has 17 heavy (non-hydrogen) atoms. The van der Waals surface area contributed by atoms with Gasteiger partial charge in [-0.15, -0.1) is 11.8 Å². The Kier molecular flexibility index (Phi) is 2.65. The van der Waals surface area contributed by atoms with Gasteiger partial charge in [0.1, 0.15) is 0 Å². The maximum atomic E-state index is 2.31. The maximum absolute atomic E-state index is 2.31. The van der Waals surface area contributed by atoms with Crippen LogP contribution in [0.25, 0.3) is 16.6 Å². The van der Waals surface area contributed by atoms with E-state index in [1.165, 1.54) is 21.6 Å². The summed E-state index contributed by atoms with van der Waals surface area (Å²) in [6.45, 7) is 0. The molecule has 3 rings (SSSR count). The summed E-state index contributed by atoms with van der Waals surface area (Å²) in [5, 5.41) is 2.57. The lowest BCUT2D eigenvalue weighted by molar-refractivity contribution is 0.994. The van der Waals surface area contributed by atoms with Gasteiger partial charge in [-0.1, -0.05) is 36.4 Å². The summed E-state index contributed by atoms with van der Waals surface area (Å²) < 4.78 is 2.31. The number of hydrogen-bond donors (Lipinski definition) is 0. The molecule has 0 amide bonds. The number of nitrogens with zero attached hydrogens (tertiary/aromatic N) is 1. The summed E-state index contributed by atoms with van der Waals surface area (Å²) in [7, 11) is 0. The van der Waals surface area contributed by atoms with E-state index in [-0.39, 0.29) is 0 Å². The Labute approximate surface area is 105 Å². The molecule has 0 unspecified atom stereocenters. The zero-order chi connectivity index (χ0) is 11.7. The highest BCUT2D eigenvalue weighted by Gasteiger charge is 2.08. The van der Waals surface area contributed by atoms with E-state index in [2.05, 4.69) is 65.4 Å². The lowest BCUT2D eigenvalue weighted by atomic mass is 10.2. The molecule has 0 atom stereocenters. The zero-order valence-corrected chi connectivity index (χ0v) is 10.4. The molecule has 0 bridgehead atoms. The van der Waals surface area contributed by atoms with Crippen molar-refractivity contribution in [1.29, 1.82) is 0 Å². The number of hydrogen-bond acceptors (Lipinski definition) is 1. The average Bonchev–Trinajstić information content (AvgIpc) is 2.78. The van der Waals surface area contributed by atoms with E-state index in [0.29, 0.717) is 0 Å². The second kappa shape index (κ2) is 4.30. The lowest BCUT2D eigenvalue weighted by Gasteiger charge is -2.08. The molecule has 0 aliphatic carbocycles. The highest BCUT2D eigenvalue weighted by atomic mass is 32.2. The minimum Gasteiger partial charge on any atom is -0.304 e. The number of para-hydroxylation sites is 2. The van der Waals surface area contributed by atoms with Crippen LogP contribution < -0.4 is 0 Å². The molecular formula is C15H13NS. The van der Waals surface area contributed by atoms with Gasteiger partial charge >= 0.3 is 0 Å². The molecule has 1 nitrogen and oxygen atoms in total. The number of aromatic nitrogens is 1. The first-order valence-corrected chi connectivity index (χ1v) is 6.82. The smallest absolute Gasteiger partial charge is 0.0802 e. The van der Waals surface area contributed by atoms with Gasteiger partial charge in [-0.05, 0) is 30.5 Å². The summed E-state index contributed by atoms with van der Waals surface area (Å²) in [5.41, 5.74) is 2.49. The van der Waals surface area contributed by atoms with Gasteiger partial charge in [0, 0.05) is 11.1 Å². The van der Waals surface area contributed by atoms with Crippen molar-refractivity contribution in [2.45, 2.75) is 5.03 Å². The van der Waals surface area contributed by atoms with Gasteiger partial charge < -0.3 is 4.57 Å². The number of thioether (sulfide) groups is 1. The van der Waals surface area contributed by atoms with Crippen LogP contribution in [0.4, 0.5) is 0 Å². The summed E-state index contributed by atoms with van der Waals surface area (Å²) in [4.78, 5) is 0.